The van der Waals surface area contributed by atoms with Crippen molar-refractivity contribution in [2.75, 3.05) is 32.9 Å². The zero-order valence-electron chi connectivity index (χ0n) is 10.1. The van der Waals surface area contributed by atoms with Gasteiger partial charge in [0.15, 0.2) is 0 Å². The molecule has 0 N–H and O–H groups in total. The lowest BCUT2D eigenvalue weighted by molar-refractivity contribution is 0.201. The summed E-state index contributed by atoms with van der Waals surface area (Å²) in [4.78, 5) is 2.03. The fourth-order valence-corrected chi connectivity index (χ4v) is 1.74. The lowest BCUT2D eigenvalue weighted by atomic mass is 10.1. The van der Waals surface area contributed by atoms with E-state index in [9.17, 15) is 0 Å². The molecule has 0 aliphatic rings. The maximum absolute atomic E-state index is 5.40. The second-order valence-corrected chi connectivity index (χ2v) is 3.75. The van der Waals surface area contributed by atoms with Gasteiger partial charge in [-0.2, -0.15) is 0 Å². The normalized spacial score (nSPS) is 10.2. The third-order valence-electron chi connectivity index (χ3n) is 2.34. The molecule has 1 aromatic rings. The highest BCUT2D eigenvalue weighted by molar-refractivity contribution is 5.62. The van der Waals surface area contributed by atoms with Crippen LogP contribution in [0.2, 0.25) is 0 Å². The highest BCUT2D eigenvalue weighted by atomic mass is 16.5. The second kappa shape index (κ2) is 5.03. The van der Waals surface area contributed by atoms with Gasteiger partial charge in [-0.3, -0.25) is 0 Å². The first-order valence-corrected chi connectivity index (χ1v) is 4.95. The van der Waals surface area contributed by atoms with E-state index in [1.807, 2.05) is 11.9 Å². The molecule has 3 nitrogen and oxygen atoms in total. The van der Waals surface area contributed by atoms with E-state index in [-0.39, 0.29) is 0 Å². The minimum atomic E-state index is 0.555. The number of nitrogens with zero attached hydrogens (tertiary/aromatic N) is 1. The third-order valence-corrected chi connectivity index (χ3v) is 2.34. The van der Waals surface area contributed by atoms with Crippen LogP contribution in [-0.4, -0.2) is 28.0 Å². The van der Waals surface area contributed by atoms with Crippen molar-refractivity contribution < 1.29 is 9.47 Å². The monoisotopic (exact) mass is 209 g/mol. The molecule has 0 saturated carbocycles. The number of aryl methyl sites for hydroxylation is 2. The Bertz CT molecular complexity index is 337. The predicted molar refractivity (Wildman–Crippen MR) is 62.7 cm³/mol. The third kappa shape index (κ3) is 2.63. The van der Waals surface area contributed by atoms with Gasteiger partial charge in [-0.05, 0) is 31.0 Å². The highest BCUT2D eigenvalue weighted by Gasteiger charge is 2.11. The smallest absolute Gasteiger partial charge is 0.145 e. The number of rotatable bonds is 4. The van der Waals surface area contributed by atoms with Gasteiger partial charge in [0, 0.05) is 14.2 Å². The van der Waals surface area contributed by atoms with Gasteiger partial charge in [0.1, 0.15) is 12.5 Å². The van der Waals surface area contributed by atoms with Gasteiger partial charge in [-0.15, -0.1) is 0 Å². The summed E-state index contributed by atoms with van der Waals surface area (Å²) >= 11 is 0. The van der Waals surface area contributed by atoms with Crippen LogP contribution < -0.4 is 9.64 Å². The molecule has 0 radical (unpaired) electrons. The minimum Gasteiger partial charge on any atom is -0.494 e. The Morgan fingerprint density at radius 2 is 1.87 bits per heavy atom. The van der Waals surface area contributed by atoms with E-state index in [4.69, 9.17) is 9.47 Å². The topological polar surface area (TPSA) is 21.7 Å². The number of hydrogen-bond acceptors (Lipinski definition) is 3. The molecule has 1 aromatic carbocycles. The number of hydrogen-bond donors (Lipinski definition) is 0. The SMILES string of the molecule is COCN(C)c1cc(C)cc(C)c1OC. The number of methoxy groups -OCH3 is 2. The van der Waals surface area contributed by atoms with Crippen LogP contribution in [0.5, 0.6) is 5.75 Å². The molecule has 0 saturated heterocycles. The Morgan fingerprint density at radius 3 is 2.40 bits per heavy atom. The van der Waals surface area contributed by atoms with Crippen molar-refractivity contribution in [2.24, 2.45) is 0 Å². The van der Waals surface area contributed by atoms with Gasteiger partial charge in [0.2, 0.25) is 0 Å². The van der Waals surface area contributed by atoms with Gasteiger partial charge < -0.3 is 14.4 Å². The molecule has 0 aromatic heterocycles. The second-order valence-electron chi connectivity index (χ2n) is 3.75. The van der Waals surface area contributed by atoms with Crippen LogP contribution in [0.15, 0.2) is 12.1 Å². The molecule has 0 aliphatic heterocycles. The molecule has 15 heavy (non-hydrogen) atoms. The van der Waals surface area contributed by atoms with Crippen molar-refractivity contribution in [2.45, 2.75) is 13.8 Å². The van der Waals surface area contributed by atoms with Gasteiger partial charge >= 0.3 is 0 Å². The van der Waals surface area contributed by atoms with E-state index in [0.29, 0.717) is 6.73 Å². The fraction of sp³-hybridized carbons (Fsp3) is 0.500. The Kier molecular flexibility index (Phi) is 3.97. The average molecular weight is 209 g/mol. The van der Waals surface area contributed by atoms with Crippen molar-refractivity contribution in [3.05, 3.63) is 23.3 Å². The fourth-order valence-electron chi connectivity index (χ4n) is 1.74. The largest absolute Gasteiger partial charge is 0.494 e. The van der Waals surface area contributed by atoms with Gasteiger partial charge in [0.25, 0.3) is 0 Å². The van der Waals surface area contributed by atoms with Crippen LogP contribution >= 0.6 is 0 Å². The summed E-state index contributed by atoms with van der Waals surface area (Å²) in [6.45, 7) is 4.69. The molecule has 0 atom stereocenters. The zero-order valence-corrected chi connectivity index (χ0v) is 10.1. The molecule has 0 unspecified atom stereocenters. The molecule has 0 spiro atoms. The number of benzene rings is 1. The van der Waals surface area contributed by atoms with Crippen molar-refractivity contribution in [1.82, 2.24) is 0 Å². The van der Waals surface area contributed by atoms with Crippen molar-refractivity contribution in [1.29, 1.82) is 0 Å². The minimum absolute atomic E-state index is 0.555. The first-order valence-electron chi connectivity index (χ1n) is 4.95. The zero-order chi connectivity index (χ0) is 11.4. The summed E-state index contributed by atoms with van der Waals surface area (Å²) in [5, 5.41) is 0. The molecule has 1 rings (SSSR count). The summed E-state index contributed by atoms with van der Waals surface area (Å²) in [6, 6.07) is 4.22. The molecular formula is C12H19NO2. The van der Waals surface area contributed by atoms with Crippen molar-refractivity contribution >= 4 is 5.69 Å². The van der Waals surface area contributed by atoms with E-state index in [1.54, 1.807) is 14.2 Å². The molecule has 0 heterocycles. The molecule has 84 valence electrons. The van der Waals surface area contributed by atoms with E-state index in [0.717, 1.165) is 17.0 Å². The van der Waals surface area contributed by atoms with Crippen LogP contribution in [-0.2, 0) is 4.74 Å². The standard InChI is InChI=1S/C12H19NO2/c1-9-6-10(2)12(15-5)11(7-9)13(3)8-14-4/h6-7H,8H2,1-5H3. The lowest BCUT2D eigenvalue weighted by Crippen LogP contribution is -2.20. The Labute approximate surface area is 91.6 Å². The van der Waals surface area contributed by atoms with Gasteiger partial charge in [0.05, 0.1) is 12.8 Å². The molecular weight excluding hydrogens is 190 g/mol. The van der Waals surface area contributed by atoms with Crippen LogP contribution in [0.25, 0.3) is 0 Å². The Hall–Kier alpha value is -1.22. The molecule has 0 amide bonds. The molecule has 0 bridgehead atoms. The molecule has 3 heteroatoms. The number of ether oxygens (including phenoxy) is 2. The van der Waals surface area contributed by atoms with Gasteiger partial charge in [-0.1, -0.05) is 6.07 Å². The predicted octanol–water partition coefficient (Wildman–Crippen LogP) is 2.35. The maximum atomic E-state index is 5.40. The molecule has 0 aliphatic carbocycles. The van der Waals surface area contributed by atoms with E-state index < -0.39 is 0 Å². The number of anilines is 1. The van der Waals surface area contributed by atoms with Crippen molar-refractivity contribution in [3.8, 4) is 5.75 Å². The van der Waals surface area contributed by atoms with E-state index in [2.05, 4.69) is 26.0 Å². The summed E-state index contributed by atoms with van der Waals surface area (Å²) < 4.78 is 10.5. The van der Waals surface area contributed by atoms with Crippen LogP contribution in [0.3, 0.4) is 0 Å². The summed E-state index contributed by atoms with van der Waals surface area (Å²) in [7, 11) is 5.37. The Balaban J connectivity index is 3.13. The average Bonchev–Trinajstić information content (AvgIpc) is 2.17. The lowest BCUT2D eigenvalue weighted by Gasteiger charge is -2.22. The summed E-state index contributed by atoms with van der Waals surface area (Å²) in [5.74, 6) is 0.917. The van der Waals surface area contributed by atoms with Crippen LogP contribution in [0.4, 0.5) is 5.69 Å². The van der Waals surface area contributed by atoms with Crippen LogP contribution in [0, 0.1) is 13.8 Å². The first-order chi connectivity index (χ1) is 7.10. The summed E-state index contributed by atoms with van der Waals surface area (Å²) in [6.07, 6.45) is 0. The maximum Gasteiger partial charge on any atom is 0.145 e. The first kappa shape index (κ1) is 11.9. The van der Waals surface area contributed by atoms with E-state index >= 15 is 0 Å². The van der Waals surface area contributed by atoms with Crippen molar-refractivity contribution in [3.63, 3.8) is 0 Å². The van der Waals surface area contributed by atoms with E-state index in [1.165, 1.54) is 5.56 Å². The quantitative estimate of drug-likeness (QED) is 0.710. The highest BCUT2D eigenvalue weighted by Crippen LogP contribution is 2.32. The summed E-state index contributed by atoms with van der Waals surface area (Å²) in [5.41, 5.74) is 3.44. The van der Waals surface area contributed by atoms with Gasteiger partial charge in [-0.25, -0.2) is 0 Å². The molecule has 0 fully saturated rings. The Morgan fingerprint density at radius 1 is 1.20 bits per heavy atom. The van der Waals surface area contributed by atoms with Crippen LogP contribution in [0.1, 0.15) is 11.1 Å².